The average molecular weight is 227 g/mol. The normalized spacial score (nSPS) is 10.3. The molecule has 2 aromatic rings. The van der Waals surface area contributed by atoms with E-state index in [0.29, 0.717) is 5.75 Å². The van der Waals surface area contributed by atoms with Crippen LogP contribution in [0.5, 0.6) is 5.75 Å². The molecule has 0 aliphatic rings. The van der Waals surface area contributed by atoms with E-state index in [-0.39, 0.29) is 0 Å². The van der Waals surface area contributed by atoms with Crippen molar-refractivity contribution < 1.29 is 5.11 Å². The Hall–Kier alpha value is -1.96. The van der Waals surface area contributed by atoms with E-state index < -0.39 is 0 Å². The maximum atomic E-state index is 9.47. The zero-order chi connectivity index (χ0) is 12.4. The molecule has 88 valence electrons. The molecule has 2 rings (SSSR count). The third kappa shape index (κ3) is 2.78. The predicted octanol–water partition coefficient (Wildman–Crippen LogP) is 4.06. The summed E-state index contributed by atoms with van der Waals surface area (Å²) in [7, 11) is 0. The molecule has 0 atom stereocenters. The van der Waals surface area contributed by atoms with E-state index in [0.717, 1.165) is 16.9 Å². The molecule has 0 heterocycles. The monoisotopic (exact) mass is 227 g/mol. The predicted molar refractivity (Wildman–Crippen MR) is 72.0 cm³/mol. The Morgan fingerprint density at radius 2 is 1.47 bits per heavy atom. The zero-order valence-corrected chi connectivity index (χ0v) is 10.4. The summed E-state index contributed by atoms with van der Waals surface area (Å²) in [4.78, 5) is 0. The highest BCUT2D eigenvalue weighted by Gasteiger charge is 2.00. The first-order chi connectivity index (χ1) is 8.04. The van der Waals surface area contributed by atoms with E-state index in [4.69, 9.17) is 0 Å². The number of nitrogens with one attached hydrogen (secondary N) is 1. The van der Waals surface area contributed by atoms with Crippen LogP contribution in [0.2, 0.25) is 0 Å². The molecule has 0 aromatic heterocycles. The van der Waals surface area contributed by atoms with Gasteiger partial charge in [-0.05, 0) is 67.8 Å². The van der Waals surface area contributed by atoms with Crippen LogP contribution in [0.25, 0.3) is 0 Å². The van der Waals surface area contributed by atoms with E-state index in [1.807, 2.05) is 19.1 Å². The van der Waals surface area contributed by atoms with Crippen molar-refractivity contribution in [2.45, 2.75) is 20.8 Å². The van der Waals surface area contributed by atoms with Gasteiger partial charge in [0.25, 0.3) is 0 Å². The van der Waals surface area contributed by atoms with E-state index in [2.05, 4.69) is 37.4 Å². The SMILES string of the molecule is Cc1cc(C)cc(Nc2ccc(O)c(C)c2)c1. The first kappa shape index (κ1) is 11.5. The van der Waals surface area contributed by atoms with Gasteiger partial charge in [0, 0.05) is 11.4 Å². The van der Waals surface area contributed by atoms with E-state index >= 15 is 0 Å². The summed E-state index contributed by atoms with van der Waals surface area (Å²) in [5.74, 6) is 0.330. The molecule has 0 bridgehead atoms. The van der Waals surface area contributed by atoms with Gasteiger partial charge in [-0.15, -0.1) is 0 Å². The minimum absolute atomic E-state index is 0.330. The van der Waals surface area contributed by atoms with Gasteiger partial charge in [0.1, 0.15) is 5.75 Å². The third-order valence-corrected chi connectivity index (χ3v) is 2.71. The van der Waals surface area contributed by atoms with Crippen LogP contribution in [0.1, 0.15) is 16.7 Å². The standard InChI is InChI=1S/C15H17NO/c1-10-6-11(2)8-14(7-10)16-13-4-5-15(17)12(3)9-13/h4-9,16-17H,1-3H3. The lowest BCUT2D eigenvalue weighted by Crippen LogP contribution is -1.92. The van der Waals surface area contributed by atoms with Gasteiger partial charge in [-0.3, -0.25) is 0 Å². The van der Waals surface area contributed by atoms with Gasteiger partial charge >= 0.3 is 0 Å². The molecule has 0 unspecified atom stereocenters. The van der Waals surface area contributed by atoms with Crippen molar-refractivity contribution in [1.82, 2.24) is 0 Å². The van der Waals surface area contributed by atoms with Crippen molar-refractivity contribution >= 4 is 11.4 Å². The van der Waals surface area contributed by atoms with Crippen LogP contribution in [-0.2, 0) is 0 Å². The molecule has 0 saturated carbocycles. The fourth-order valence-corrected chi connectivity index (χ4v) is 1.95. The Morgan fingerprint density at radius 1 is 0.824 bits per heavy atom. The number of benzene rings is 2. The molecule has 2 aromatic carbocycles. The Labute approximate surface area is 102 Å². The number of hydrogen-bond acceptors (Lipinski definition) is 2. The van der Waals surface area contributed by atoms with Crippen molar-refractivity contribution in [2.75, 3.05) is 5.32 Å². The van der Waals surface area contributed by atoms with Crippen molar-refractivity contribution in [3.8, 4) is 5.75 Å². The van der Waals surface area contributed by atoms with Crippen LogP contribution < -0.4 is 5.32 Å². The largest absolute Gasteiger partial charge is 0.508 e. The van der Waals surface area contributed by atoms with Crippen LogP contribution >= 0.6 is 0 Å². The lowest BCUT2D eigenvalue weighted by atomic mass is 10.1. The summed E-state index contributed by atoms with van der Waals surface area (Å²) in [6, 6.07) is 11.9. The molecule has 0 aliphatic carbocycles. The number of hydrogen-bond donors (Lipinski definition) is 2. The number of phenols is 1. The summed E-state index contributed by atoms with van der Waals surface area (Å²) >= 11 is 0. The molecule has 2 heteroatoms. The smallest absolute Gasteiger partial charge is 0.118 e. The molecule has 0 fully saturated rings. The Bertz CT molecular complexity index is 526. The minimum Gasteiger partial charge on any atom is -0.508 e. The Kier molecular flexibility index (Phi) is 3.05. The van der Waals surface area contributed by atoms with Gasteiger partial charge in [-0.2, -0.15) is 0 Å². The molecular formula is C15H17NO. The van der Waals surface area contributed by atoms with Crippen molar-refractivity contribution in [3.05, 3.63) is 53.1 Å². The topological polar surface area (TPSA) is 32.3 Å². The van der Waals surface area contributed by atoms with Gasteiger partial charge < -0.3 is 10.4 Å². The highest BCUT2D eigenvalue weighted by Crippen LogP contribution is 2.24. The van der Waals surface area contributed by atoms with Crippen LogP contribution in [0, 0.1) is 20.8 Å². The summed E-state index contributed by atoms with van der Waals surface area (Å²) in [6.45, 7) is 6.06. The first-order valence-electron chi connectivity index (χ1n) is 5.69. The Morgan fingerprint density at radius 3 is 2.06 bits per heavy atom. The molecule has 0 spiro atoms. The quantitative estimate of drug-likeness (QED) is 0.758. The van der Waals surface area contributed by atoms with Gasteiger partial charge in [-0.1, -0.05) is 6.07 Å². The number of phenolic OH excluding ortho intramolecular Hbond substituents is 1. The second kappa shape index (κ2) is 4.50. The van der Waals surface area contributed by atoms with Gasteiger partial charge in [0.05, 0.1) is 0 Å². The van der Waals surface area contributed by atoms with Crippen molar-refractivity contribution in [3.63, 3.8) is 0 Å². The average Bonchev–Trinajstić information content (AvgIpc) is 2.22. The fraction of sp³-hybridized carbons (Fsp3) is 0.200. The molecule has 0 saturated heterocycles. The minimum atomic E-state index is 0.330. The highest BCUT2D eigenvalue weighted by molar-refractivity contribution is 5.63. The lowest BCUT2D eigenvalue weighted by molar-refractivity contribution is 0.471. The summed E-state index contributed by atoms with van der Waals surface area (Å²) in [5.41, 5.74) is 5.42. The van der Waals surface area contributed by atoms with Crippen LogP contribution in [0.15, 0.2) is 36.4 Å². The van der Waals surface area contributed by atoms with E-state index in [1.54, 1.807) is 6.07 Å². The van der Waals surface area contributed by atoms with Crippen LogP contribution in [0.4, 0.5) is 11.4 Å². The van der Waals surface area contributed by atoms with Crippen LogP contribution in [-0.4, -0.2) is 5.11 Å². The maximum Gasteiger partial charge on any atom is 0.118 e. The number of aryl methyl sites for hydroxylation is 3. The molecule has 0 radical (unpaired) electrons. The molecular weight excluding hydrogens is 210 g/mol. The number of aromatic hydroxyl groups is 1. The Balaban J connectivity index is 2.28. The summed E-state index contributed by atoms with van der Waals surface area (Å²) in [6.07, 6.45) is 0. The molecule has 17 heavy (non-hydrogen) atoms. The molecule has 2 N–H and O–H groups in total. The second-order valence-electron chi connectivity index (χ2n) is 4.50. The molecule has 0 amide bonds. The second-order valence-corrected chi connectivity index (χ2v) is 4.50. The first-order valence-corrected chi connectivity index (χ1v) is 5.69. The lowest BCUT2D eigenvalue weighted by Gasteiger charge is -2.10. The molecule has 0 aliphatic heterocycles. The maximum absolute atomic E-state index is 9.47. The van der Waals surface area contributed by atoms with Crippen LogP contribution in [0.3, 0.4) is 0 Å². The summed E-state index contributed by atoms with van der Waals surface area (Å²) < 4.78 is 0. The van der Waals surface area contributed by atoms with Gasteiger partial charge in [0.2, 0.25) is 0 Å². The number of rotatable bonds is 2. The zero-order valence-electron chi connectivity index (χ0n) is 10.4. The fourth-order valence-electron chi connectivity index (χ4n) is 1.95. The molecule has 2 nitrogen and oxygen atoms in total. The van der Waals surface area contributed by atoms with E-state index in [9.17, 15) is 5.11 Å². The van der Waals surface area contributed by atoms with Gasteiger partial charge in [-0.25, -0.2) is 0 Å². The highest BCUT2D eigenvalue weighted by atomic mass is 16.3. The van der Waals surface area contributed by atoms with E-state index in [1.165, 1.54) is 11.1 Å². The summed E-state index contributed by atoms with van der Waals surface area (Å²) in [5, 5.41) is 12.8. The van der Waals surface area contributed by atoms with Crippen molar-refractivity contribution in [2.24, 2.45) is 0 Å². The third-order valence-electron chi connectivity index (χ3n) is 2.71. The van der Waals surface area contributed by atoms with Gasteiger partial charge in [0.15, 0.2) is 0 Å². The van der Waals surface area contributed by atoms with Crippen molar-refractivity contribution in [1.29, 1.82) is 0 Å². The number of anilines is 2.